The van der Waals surface area contributed by atoms with Crippen molar-refractivity contribution in [1.29, 1.82) is 0 Å². The van der Waals surface area contributed by atoms with Crippen LogP contribution in [0.2, 0.25) is 0 Å². The zero-order valence-corrected chi connectivity index (χ0v) is 10.4. The van der Waals surface area contributed by atoms with Gasteiger partial charge in [0.15, 0.2) is 0 Å². The Morgan fingerprint density at radius 3 is 2.83 bits per heavy atom. The van der Waals surface area contributed by atoms with Crippen molar-refractivity contribution >= 4 is 17.0 Å². The molecule has 1 heterocycles. The van der Waals surface area contributed by atoms with E-state index in [4.69, 9.17) is 5.11 Å². The molecule has 5 nitrogen and oxygen atoms in total. The number of carboxylic acid groups (broad SMARTS) is 1. The average molecular weight is 248 g/mol. The van der Waals surface area contributed by atoms with Gasteiger partial charge in [0, 0.05) is 6.54 Å². The number of aromatic amines is 1. The number of nitrogens with one attached hydrogen (secondary N) is 1. The number of imidazole rings is 1. The highest BCUT2D eigenvalue weighted by Gasteiger charge is 2.15. The Hall–Kier alpha value is -2.04. The van der Waals surface area contributed by atoms with E-state index in [0.29, 0.717) is 23.5 Å². The summed E-state index contributed by atoms with van der Waals surface area (Å²) in [6.45, 7) is 4.72. The van der Waals surface area contributed by atoms with Gasteiger partial charge in [-0.25, -0.2) is 9.59 Å². The second-order valence-electron chi connectivity index (χ2n) is 4.56. The number of aromatic nitrogens is 2. The van der Waals surface area contributed by atoms with Crippen molar-refractivity contribution in [1.82, 2.24) is 9.55 Å². The first-order valence-corrected chi connectivity index (χ1v) is 5.99. The molecule has 0 saturated carbocycles. The van der Waals surface area contributed by atoms with Crippen molar-refractivity contribution in [3.05, 3.63) is 34.2 Å². The Kier molecular flexibility index (Phi) is 3.23. The van der Waals surface area contributed by atoms with E-state index in [1.807, 2.05) is 0 Å². The summed E-state index contributed by atoms with van der Waals surface area (Å²) < 4.78 is 1.61. The van der Waals surface area contributed by atoms with Crippen LogP contribution in [0.3, 0.4) is 0 Å². The number of carbonyl (C=O) groups is 1. The zero-order valence-electron chi connectivity index (χ0n) is 10.4. The summed E-state index contributed by atoms with van der Waals surface area (Å²) in [5, 5.41) is 9.08. The van der Waals surface area contributed by atoms with Gasteiger partial charge in [-0.3, -0.25) is 4.57 Å². The van der Waals surface area contributed by atoms with Crippen molar-refractivity contribution in [2.75, 3.05) is 0 Å². The highest BCUT2D eigenvalue weighted by molar-refractivity contribution is 6.00. The van der Waals surface area contributed by atoms with Crippen LogP contribution < -0.4 is 5.69 Å². The molecule has 0 aliphatic heterocycles. The maximum atomic E-state index is 11.9. The van der Waals surface area contributed by atoms with E-state index in [9.17, 15) is 9.59 Å². The lowest BCUT2D eigenvalue weighted by Crippen LogP contribution is -2.20. The minimum absolute atomic E-state index is 0.132. The van der Waals surface area contributed by atoms with E-state index >= 15 is 0 Å². The molecule has 1 atom stereocenters. The van der Waals surface area contributed by atoms with E-state index in [1.165, 1.54) is 6.07 Å². The van der Waals surface area contributed by atoms with E-state index in [0.717, 1.165) is 6.42 Å². The van der Waals surface area contributed by atoms with Crippen LogP contribution in [0, 0.1) is 5.92 Å². The molecule has 0 amide bonds. The number of para-hydroxylation sites is 1. The van der Waals surface area contributed by atoms with Crippen LogP contribution in [0.5, 0.6) is 0 Å². The minimum Gasteiger partial charge on any atom is -0.478 e. The fourth-order valence-electron chi connectivity index (χ4n) is 1.98. The maximum absolute atomic E-state index is 11.9. The second kappa shape index (κ2) is 4.68. The third-order valence-corrected chi connectivity index (χ3v) is 3.23. The molecule has 0 fully saturated rings. The third kappa shape index (κ3) is 2.03. The van der Waals surface area contributed by atoms with Crippen LogP contribution >= 0.6 is 0 Å². The Morgan fingerprint density at radius 2 is 2.22 bits per heavy atom. The molecule has 2 aromatic rings. The lowest BCUT2D eigenvalue weighted by molar-refractivity contribution is 0.0699. The minimum atomic E-state index is -1.03. The van der Waals surface area contributed by atoms with Gasteiger partial charge < -0.3 is 10.1 Å². The van der Waals surface area contributed by atoms with Crippen LogP contribution in [-0.2, 0) is 6.54 Å². The maximum Gasteiger partial charge on any atom is 0.337 e. The molecular formula is C13H16N2O3. The number of nitrogens with zero attached hydrogens (tertiary/aromatic N) is 1. The third-order valence-electron chi connectivity index (χ3n) is 3.23. The van der Waals surface area contributed by atoms with E-state index < -0.39 is 5.97 Å². The van der Waals surface area contributed by atoms with Crippen LogP contribution in [0.1, 0.15) is 30.6 Å². The Balaban J connectivity index is 2.62. The van der Waals surface area contributed by atoms with E-state index in [1.54, 1.807) is 16.7 Å². The smallest absolute Gasteiger partial charge is 0.337 e. The molecule has 2 rings (SSSR count). The Bertz CT molecular complexity index is 639. The lowest BCUT2D eigenvalue weighted by atomic mass is 10.1. The molecule has 2 N–H and O–H groups in total. The van der Waals surface area contributed by atoms with Gasteiger partial charge >= 0.3 is 11.7 Å². The monoisotopic (exact) mass is 248 g/mol. The van der Waals surface area contributed by atoms with Crippen molar-refractivity contribution in [2.24, 2.45) is 5.92 Å². The topological polar surface area (TPSA) is 75.1 Å². The number of fused-ring (bicyclic) bond motifs is 1. The molecule has 96 valence electrons. The summed E-state index contributed by atoms with van der Waals surface area (Å²) in [5.41, 5.74) is 0.935. The number of hydrogen-bond acceptors (Lipinski definition) is 2. The number of carboxylic acids is 1. The van der Waals surface area contributed by atoms with Crippen LogP contribution in [0.25, 0.3) is 11.0 Å². The van der Waals surface area contributed by atoms with Gasteiger partial charge in [0.25, 0.3) is 0 Å². The standard InChI is InChI=1S/C13H16N2O3/c1-3-8(2)7-15-10-6-4-5-9(12(16)17)11(10)14-13(15)18/h4-6,8H,3,7H2,1-2H3,(H,14,18)(H,16,17). The summed E-state index contributed by atoms with van der Waals surface area (Å²) in [6, 6.07) is 4.92. The number of aromatic carboxylic acids is 1. The predicted molar refractivity (Wildman–Crippen MR) is 69.0 cm³/mol. The first-order chi connectivity index (χ1) is 8.54. The quantitative estimate of drug-likeness (QED) is 0.869. The van der Waals surface area contributed by atoms with E-state index in [2.05, 4.69) is 18.8 Å². The molecule has 0 aliphatic rings. The molecule has 0 saturated heterocycles. The molecular weight excluding hydrogens is 232 g/mol. The number of rotatable bonds is 4. The Morgan fingerprint density at radius 1 is 1.50 bits per heavy atom. The number of H-pyrrole nitrogens is 1. The van der Waals surface area contributed by atoms with Gasteiger partial charge in [-0.15, -0.1) is 0 Å². The average Bonchev–Trinajstić information content (AvgIpc) is 2.65. The second-order valence-corrected chi connectivity index (χ2v) is 4.56. The highest BCUT2D eigenvalue weighted by Crippen LogP contribution is 2.17. The van der Waals surface area contributed by atoms with Gasteiger partial charge in [0.05, 0.1) is 16.6 Å². The molecule has 1 aromatic heterocycles. The molecule has 1 unspecified atom stereocenters. The number of hydrogen-bond donors (Lipinski definition) is 2. The van der Waals surface area contributed by atoms with Gasteiger partial charge in [-0.05, 0) is 18.1 Å². The van der Waals surface area contributed by atoms with E-state index in [-0.39, 0.29) is 11.3 Å². The van der Waals surface area contributed by atoms with Crippen molar-refractivity contribution in [3.8, 4) is 0 Å². The van der Waals surface area contributed by atoms with Gasteiger partial charge in [0.1, 0.15) is 0 Å². The SMILES string of the molecule is CCC(C)Cn1c(=O)[nH]c2c(C(=O)O)cccc21. The van der Waals surface area contributed by atoms with Gasteiger partial charge in [0.2, 0.25) is 0 Å². The Labute approximate surface area is 104 Å². The first-order valence-electron chi connectivity index (χ1n) is 5.99. The molecule has 0 radical (unpaired) electrons. The fourth-order valence-corrected chi connectivity index (χ4v) is 1.98. The van der Waals surface area contributed by atoms with Crippen molar-refractivity contribution < 1.29 is 9.90 Å². The molecule has 5 heteroatoms. The first kappa shape index (κ1) is 12.4. The summed E-state index contributed by atoms with van der Waals surface area (Å²) in [5.74, 6) is -0.660. The largest absolute Gasteiger partial charge is 0.478 e. The van der Waals surface area contributed by atoms with Crippen LogP contribution in [0.4, 0.5) is 0 Å². The van der Waals surface area contributed by atoms with Crippen molar-refractivity contribution in [2.45, 2.75) is 26.8 Å². The molecule has 18 heavy (non-hydrogen) atoms. The molecule has 0 bridgehead atoms. The zero-order chi connectivity index (χ0) is 13.3. The summed E-state index contributed by atoms with van der Waals surface area (Å²) >= 11 is 0. The molecule has 0 spiro atoms. The lowest BCUT2D eigenvalue weighted by Gasteiger charge is -2.09. The van der Waals surface area contributed by atoms with Crippen LogP contribution in [-0.4, -0.2) is 20.6 Å². The van der Waals surface area contributed by atoms with Crippen molar-refractivity contribution in [3.63, 3.8) is 0 Å². The van der Waals surface area contributed by atoms with Gasteiger partial charge in [-0.1, -0.05) is 26.3 Å². The molecule has 1 aromatic carbocycles. The normalized spacial score (nSPS) is 12.8. The highest BCUT2D eigenvalue weighted by atomic mass is 16.4. The van der Waals surface area contributed by atoms with Crippen LogP contribution in [0.15, 0.2) is 23.0 Å². The molecule has 0 aliphatic carbocycles. The number of benzene rings is 1. The summed E-state index contributed by atoms with van der Waals surface area (Å²) in [7, 11) is 0. The summed E-state index contributed by atoms with van der Waals surface area (Å²) in [6.07, 6.45) is 0.970. The summed E-state index contributed by atoms with van der Waals surface area (Å²) in [4.78, 5) is 25.6. The predicted octanol–water partition coefficient (Wildman–Crippen LogP) is 2.07. The fraction of sp³-hybridized carbons (Fsp3) is 0.385. The van der Waals surface area contributed by atoms with Gasteiger partial charge in [-0.2, -0.15) is 0 Å².